The minimum atomic E-state index is -0.513. The topological polar surface area (TPSA) is 84.2 Å². The summed E-state index contributed by atoms with van der Waals surface area (Å²) in [6.07, 6.45) is 0. The van der Waals surface area contributed by atoms with Crippen LogP contribution in [0.5, 0.6) is 11.5 Å². The Hall–Kier alpha value is -4.28. The van der Waals surface area contributed by atoms with Crippen molar-refractivity contribution in [3.63, 3.8) is 0 Å². The van der Waals surface area contributed by atoms with Crippen LogP contribution in [0.15, 0.2) is 77.8 Å². The van der Waals surface area contributed by atoms with Gasteiger partial charge in [-0.2, -0.15) is 5.26 Å². The number of pyridine rings is 1. The number of methoxy groups -OCH3 is 2. The third-order valence-corrected chi connectivity index (χ3v) is 7.09. The van der Waals surface area contributed by atoms with Crippen LogP contribution in [-0.4, -0.2) is 30.4 Å². The summed E-state index contributed by atoms with van der Waals surface area (Å²) in [5.41, 5.74) is 6.20. The first-order valence-corrected chi connectivity index (χ1v) is 13.0. The van der Waals surface area contributed by atoms with Gasteiger partial charge in [-0.25, -0.2) is 4.98 Å². The average Bonchev–Trinajstić information content (AvgIpc) is 2.91. The molecule has 1 N–H and O–H groups in total. The van der Waals surface area contributed by atoms with Gasteiger partial charge in [-0.15, -0.1) is 0 Å². The van der Waals surface area contributed by atoms with Crippen LogP contribution in [0.3, 0.4) is 0 Å². The van der Waals surface area contributed by atoms with Crippen molar-refractivity contribution >= 4 is 23.4 Å². The summed E-state index contributed by atoms with van der Waals surface area (Å²) in [5.74, 6) is 0.909. The van der Waals surface area contributed by atoms with Crippen LogP contribution in [0.25, 0.3) is 22.4 Å². The first-order valence-electron chi connectivity index (χ1n) is 12.1. The van der Waals surface area contributed by atoms with Crippen molar-refractivity contribution in [1.29, 1.82) is 5.26 Å². The molecule has 0 saturated heterocycles. The Balaban J connectivity index is 1.80. The van der Waals surface area contributed by atoms with Gasteiger partial charge in [-0.05, 0) is 56.2 Å². The second kappa shape index (κ2) is 11.8. The highest BCUT2D eigenvalue weighted by atomic mass is 32.2. The average molecular weight is 524 g/mol. The van der Waals surface area contributed by atoms with Crippen LogP contribution in [-0.2, 0) is 4.79 Å². The van der Waals surface area contributed by atoms with Crippen LogP contribution in [0.1, 0.15) is 23.6 Å². The minimum absolute atomic E-state index is 0.170. The molecule has 4 rings (SSSR count). The molecule has 1 aromatic heterocycles. The molecular weight excluding hydrogens is 494 g/mol. The monoisotopic (exact) mass is 523 g/mol. The number of carbonyl (C=O) groups excluding carboxylic acids is 1. The fraction of sp³-hybridized carbons (Fsp3) is 0.194. The number of nitriles is 1. The molecule has 192 valence electrons. The van der Waals surface area contributed by atoms with Crippen LogP contribution in [0.2, 0.25) is 0 Å². The number of carbonyl (C=O) groups is 1. The van der Waals surface area contributed by atoms with Gasteiger partial charge in [0.1, 0.15) is 11.1 Å². The second-order valence-corrected chi connectivity index (χ2v) is 10.2. The summed E-state index contributed by atoms with van der Waals surface area (Å²) in [5, 5.41) is 13.2. The van der Waals surface area contributed by atoms with Crippen LogP contribution >= 0.6 is 11.8 Å². The molecule has 6 nitrogen and oxygen atoms in total. The maximum atomic E-state index is 13.2. The Morgan fingerprint density at radius 1 is 0.947 bits per heavy atom. The Morgan fingerprint density at radius 2 is 1.66 bits per heavy atom. The lowest BCUT2D eigenvalue weighted by atomic mass is 9.98. The maximum Gasteiger partial charge on any atom is 0.237 e. The molecule has 4 aromatic rings. The summed E-state index contributed by atoms with van der Waals surface area (Å²) in [7, 11) is 3.15. The number of nitrogens with one attached hydrogen (secondary N) is 1. The van der Waals surface area contributed by atoms with Gasteiger partial charge in [-0.3, -0.25) is 4.79 Å². The zero-order valence-electron chi connectivity index (χ0n) is 22.0. The fourth-order valence-electron chi connectivity index (χ4n) is 4.30. The van der Waals surface area contributed by atoms with E-state index in [1.165, 1.54) is 11.8 Å². The number of anilines is 1. The zero-order valence-corrected chi connectivity index (χ0v) is 22.8. The summed E-state index contributed by atoms with van der Waals surface area (Å²) in [4.78, 5) is 18.0. The molecule has 1 amide bonds. The lowest BCUT2D eigenvalue weighted by Crippen LogP contribution is -2.22. The number of nitrogens with zero attached hydrogens (tertiary/aromatic N) is 2. The number of hydrogen-bond donors (Lipinski definition) is 1. The number of aromatic nitrogens is 1. The number of ether oxygens (including phenoxy) is 2. The first-order chi connectivity index (χ1) is 18.3. The summed E-state index contributed by atoms with van der Waals surface area (Å²) < 4.78 is 11.2. The lowest BCUT2D eigenvalue weighted by Gasteiger charge is -2.18. The predicted octanol–water partition coefficient (Wildman–Crippen LogP) is 7.04. The molecule has 0 spiro atoms. The van der Waals surface area contributed by atoms with Crippen molar-refractivity contribution in [2.75, 3.05) is 19.5 Å². The van der Waals surface area contributed by atoms with E-state index in [1.54, 1.807) is 14.2 Å². The fourth-order valence-corrected chi connectivity index (χ4v) is 5.22. The SMILES string of the molecule is COc1cccc(-c2cc(-c3ccccc3)nc(SC(C)C(=O)Nc3cc(C)cc(C)c3)c2C#N)c1OC. The molecule has 1 atom stereocenters. The molecule has 0 aliphatic heterocycles. The molecule has 1 unspecified atom stereocenters. The lowest BCUT2D eigenvalue weighted by molar-refractivity contribution is -0.115. The Labute approximate surface area is 227 Å². The first kappa shape index (κ1) is 26.8. The predicted molar refractivity (Wildman–Crippen MR) is 153 cm³/mol. The van der Waals surface area contributed by atoms with E-state index in [4.69, 9.17) is 14.5 Å². The van der Waals surface area contributed by atoms with E-state index in [1.807, 2.05) is 87.5 Å². The number of rotatable bonds is 8. The van der Waals surface area contributed by atoms with Crippen molar-refractivity contribution in [3.05, 3.63) is 89.5 Å². The van der Waals surface area contributed by atoms with Crippen molar-refractivity contribution in [1.82, 2.24) is 4.98 Å². The molecule has 0 aliphatic rings. The highest BCUT2D eigenvalue weighted by molar-refractivity contribution is 8.00. The number of aryl methyl sites for hydroxylation is 2. The Bertz CT molecular complexity index is 1490. The molecule has 0 fully saturated rings. The number of thioether (sulfide) groups is 1. The third-order valence-electron chi connectivity index (χ3n) is 6.01. The van der Waals surface area contributed by atoms with Crippen LogP contribution in [0, 0.1) is 25.2 Å². The van der Waals surface area contributed by atoms with Gasteiger partial charge in [0.05, 0.1) is 30.7 Å². The van der Waals surface area contributed by atoms with Crippen molar-refractivity contribution in [3.8, 4) is 40.0 Å². The summed E-state index contributed by atoms with van der Waals surface area (Å²) in [6, 6.07) is 25.4. The molecule has 0 bridgehead atoms. The van der Waals surface area contributed by atoms with E-state index in [-0.39, 0.29) is 5.91 Å². The number of hydrogen-bond acceptors (Lipinski definition) is 6. The normalized spacial score (nSPS) is 11.4. The van der Waals surface area contributed by atoms with E-state index in [9.17, 15) is 10.1 Å². The molecule has 0 saturated carbocycles. The molecule has 1 heterocycles. The van der Waals surface area contributed by atoms with E-state index in [0.29, 0.717) is 38.9 Å². The van der Waals surface area contributed by atoms with Gasteiger partial charge in [-0.1, -0.05) is 60.3 Å². The van der Waals surface area contributed by atoms with Gasteiger partial charge < -0.3 is 14.8 Å². The third kappa shape index (κ3) is 5.82. The number of benzene rings is 3. The second-order valence-electron chi connectivity index (χ2n) is 8.88. The van der Waals surface area contributed by atoms with E-state index in [2.05, 4.69) is 17.5 Å². The maximum absolute atomic E-state index is 13.2. The highest BCUT2D eigenvalue weighted by Crippen LogP contribution is 2.42. The smallest absolute Gasteiger partial charge is 0.237 e. The van der Waals surface area contributed by atoms with Crippen LogP contribution in [0.4, 0.5) is 5.69 Å². The molecule has 7 heteroatoms. The van der Waals surface area contributed by atoms with Crippen LogP contribution < -0.4 is 14.8 Å². The van der Waals surface area contributed by atoms with Crippen molar-refractivity contribution in [2.45, 2.75) is 31.0 Å². The van der Waals surface area contributed by atoms with E-state index >= 15 is 0 Å². The number of amides is 1. The Kier molecular flexibility index (Phi) is 8.35. The summed E-state index contributed by atoms with van der Waals surface area (Å²) in [6.45, 7) is 5.80. The quantitative estimate of drug-likeness (QED) is 0.249. The van der Waals surface area contributed by atoms with E-state index < -0.39 is 5.25 Å². The molecular formula is C31H29N3O3S. The van der Waals surface area contributed by atoms with Gasteiger partial charge in [0.15, 0.2) is 11.5 Å². The summed E-state index contributed by atoms with van der Waals surface area (Å²) >= 11 is 1.25. The van der Waals surface area contributed by atoms with Gasteiger partial charge >= 0.3 is 0 Å². The van der Waals surface area contributed by atoms with Crippen molar-refractivity contribution < 1.29 is 14.3 Å². The molecule has 0 aliphatic carbocycles. The highest BCUT2D eigenvalue weighted by Gasteiger charge is 2.24. The standard InChI is InChI=1S/C31H29N3O3S/c1-19-14-20(2)16-23(15-19)33-30(35)21(3)38-31-26(18-32)25(17-27(34-31)22-10-7-6-8-11-22)24-12-9-13-28(36-4)29(24)37-5/h6-17,21H,1-5H3,(H,33,35). The zero-order chi connectivity index (χ0) is 27.2. The molecule has 0 radical (unpaired) electrons. The minimum Gasteiger partial charge on any atom is -0.493 e. The van der Waals surface area contributed by atoms with E-state index in [0.717, 1.165) is 22.4 Å². The number of para-hydroxylation sites is 1. The van der Waals surface area contributed by atoms with Crippen molar-refractivity contribution in [2.24, 2.45) is 0 Å². The van der Waals surface area contributed by atoms with Gasteiger partial charge in [0, 0.05) is 22.4 Å². The molecule has 3 aromatic carbocycles. The molecule has 38 heavy (non-hydrogen) atoms. The van der Waals surface area contributed by atoms with Gasteiger partial charge in [0.2, 0.25) is 5.91 Å². The largest absolute Gasteiger partial charge is 0.493 e. The Morgan fingerprint density at radius 3 is 2.29 bits per heavy atom. The van der Waals surface area contributed by atoms with Gasteiger partial charge in [0.25, 0.3) is 0 Å².